The average molecular weight is 296 g/mol. The van der Waals surface area contributed by atoms with Crippen LogP contribution in [0.3, 0.4) is 0 Å². The lowest BCUT2D eigenvalue weighted by Gasteiger charge is -2.02. The molecule has 0 unspecified atom stereocenters. The fourth-order valence-electron chi connectivity index (χ4n) is 0.831. The number of carbonyl (C=O) groups is 1. The van der Waals surface area contributed by atoms with Gasteiger partial charge in [-0.05, 0) is 33.6 Å². The van der Waals surface area contributed by atoms with Crippen LogP contribution in [0.5, 0.6) is 0 Å². The molecule has 1 rings (SSSR count). The Labute approximate surface area is 99.3 Å². The first kappa shape index (κ1) is 11.6. The molecule has 0 aromatic heterocycles. The number of rotatable bonds is 2. The number of carboxylic acids is 1. The minimum Gasteiger partial charge on any atom is -0.478 e. The fourth-order valence-corrected chi connectivity index (χ4v) is 1.68. The predicted octanol–water partition coefficient (Wildman–Crippen LogP) is 3.85. The van der Waals surface area contributed by atoms with Crippen LogP contribution < -0.4 is 0 Å². The van der Waals surface area contributed by atoms with Crippen LogP contribution in [0.2, 0.25) is 10.0 Å². The van der Waals surface area contributed by atoms with Crippen molar-refractivity contribution in [1.29, 1.82) is 0 Å². The van der Waals surface area contributed by atoms with E-state index in [1.807, 2.05) is 0 Å². The van der Waals surface area contributed by atoms with Crippen LogP contribution in [0.25, 0.3) is 6.08 Å². The zero-order chi connectivity index (χ0) is 10.7. The van der Waals surface area contributed by atoms with Crippen molar-refractivity contribution in [3.05, 3.63) is 38.3 Å². The molecule has 1 aromatic rings. The lowest BCUT2D eigenvalue weighted by atomic mass is 10.2. The van der Waals surface area contributed by atoms with Crippen LogP contribution in [0, 0.1) is 0 Å². The molecule has 0 saturated carbocycles. The van der Waals surface area contributed by atoms with Gasteiger partial charge in [0.2, 0.25) is 0 Å². The van der Waals surface area contributed by atoms with Crippen molar-refractivity contribution in [3.63, 3.8) is 0 Å². The van der Waals surface area contributed by atoms with Crippen molar-refractivity contribution >= 4 is 51.2 Å². The molecule has 2 nitrogen and oxygen atoms in total. The summed E-state index contributed by atoms with van der Waals surface area (Å²) in [6.45, 7) is 0. The SMILES string of the molecule is O=C(O)/C=C/c1ccc(Br)c(Cl)c1Cl. The highest BCUT2D eigenvalue weighted by Crippen LogP contribution is 2.33. The maximum absolute atomic E-state index is 10.3. The van der Waals surface area contributed by atoms with Crippen LogP contribution in [0.4, 0.5) is 0 Å². The predicted molar refractivity (Wildman–Crippen MR) is 60.8 cm³/mol. The number of halogens is 3. The molecule has 0 aliphatic carbocycles. The van der Waals surface area contributed by atoms with E-state index < -0.39 is 5.97 Å². The number of hydrogen-bond donors (Lipinski definition) is 1. The molecule has 0 atom stereocenters. The summed E-state index contributed by atoms with van der Waals surface area (Å²) in [4.78, 5) is 10.3. The van der Waals surface area contributed by atoms with Crippen LogP contribution in [-0.4, -0.2) is 11.1 Å². The summed E-state index contributed by atoms with van der Waals surface area (Å²) in [6, 6.07) is 3.38. The van der Waals surface area contributed by atoms with Crippen molar-refractivity contribution in [2.75, 3.05) is 0 Å². The van der Waals surface area contributed by atoms with E-state index >= 15 is 0 Å². The number of aliphatic carboxylic acids is 1. The molecule has 0 heterocycles. The molecule has 0 aliphatic rings. The van der Waals surface area contributed by atoms with Crippen LogP contribution in [0.1, 0.15) is 5.56 Å². The summed E-state index contributed by atoms with van der Waals surface area (Å²) in [6.07, 6.45) is 2.40. The molecule has 74 valence electrons. The molecule has 1 aromatic carbocycles. The second kappa shape index (κ2) is 4.82. The van der Waals surface area contributed by atoms with Gasteiger partial charge in [0.05, 0.1) is 10.0 Å². The van der Waals surface area contributed by atoms with E-state index in [0.29, 0.717) is 20.1 Å². The Morgan fingerprint density at radius 1 is 1.36 bits per heavy atom. The van der Waals surface area contributed by atoms with Gasteiger partial charge in [0, 0.05) is 10.5 Å². The average Bonchev–Trinajstić information content (AvgIpc) is 2.13. The highest BCUT2D eigenvalue weighted by Gasteiger charge is 2.05. The van der Waals surface area contributed by atoms with Crippen molar-refractivity contribution in [2.24, 2.45) is 0 Å². The molecule has 0 saturated heterocycles. The maximum atomic E-state index is 10.3. The summed E-state index contributed by atoms with van der Waals surface area (Å²) in [5, 5.41) is 9.12. The van der Waals surface area contributed by atoms with Crippen molar-refractivity contribution in [3.8, 4) is 0 Å². The number of benzene rings is 1. The molecule has 0 radical (unpaired) electrons. The molecule has 0 spiro atoms. The molecule has 0 amide bonds. The Balaban J connectivity index is 3.12. The smallest absolute Gasteiger partial charge is 0.328 e. The van der Waals surface area contributed by atoms with Gasteiger partial charge in [-0.25, -0.2) is 4.79 Å². The van der Waals surface area contributed by atoms with E-state index in [4.69, 9.17) is 28.3 Å². The van der Waals surface area contributed by atoms with E-state index in [0.717, 1.165) is 6.08 Å². The van der Waals surface area contributed by atoms with Crippen LogP contribution in [0.15, 0.2) is 22.7 Å². The Morgan fingerprint density at radius 3 is 2.57 bits per heavy atom. The van der Waals surface area contributed by atoms with E-state index in [1.165, 1.54) is 6.08 Å². The Hall–Kier alpha value is -0.510. The van der Waals surface area contributed by atoms with Gasteiger partial charge in [-0.15, -0.1) is 0 Å². The summed E-state index contributed by atoms with van der Waals surface area (Å²) < 4.78 is 0.677. The molecular weight excluding hydrogens is 291 g/mol. The zero-order valence-corrected chi connectivity index (χ0v) is 9.90. The first-order valence-electron chi connectivity index (χ1n) is 3.57. The minimum absolute atomic E-state index is 0.332. The van der Waals surface area contributed by atoms with E-state index in [9.17, 15) is 4.79 Å². The lowest BCUT2D eigenvalue weighted by Crippen LogP contribution is -1.86. The summed E-state index contributed by atoms with van der Waals surface area (Å²) in [5.74, 6) is -1.03. The van der Waals surface area contributed by atoms with E-state index in [2.05, 4.69) is 15.9 Å². The second-order valence-electron chi connectivity index (χ2n) is 2.44. The molecule has 14 heavy (non-hydrogen) atoms. The van der Waals surface area contributed by atoms with E-state index in [-0.39, 0.29) is 0 Å². The first-order valence-corrected chi connectivity index (χ1v) is 5.11. The summed E-state index contributed by atoms with van der Waals surface area (Å²) in [5.41, 5.74) is 0.572. The van der Waals surface area contributed by atoms with Gasteiger partial charge in [-0.2, -0.15) is 0 Å². The van der Waals surface area contributed by atoms with Gasteiger partial charge in [0.15, 0.2) is 0 Å². The zero-order valence-electron chi connectivity index (χ0n) is 6.80. The topological polar surface area (TPSA) is 37.3 Å². The fraction of sp³-hybridized carbons (Fsp3) is 0. The molecule has 0 fully saturated rings. The number of carboxylic acid groups (broad SMARTS) is 1. The highest BCUT2D eigenvalue weighted by molar-refractivity contribution is 9.10. The molecule has 0 aliphatic heterocycles. The highest BCUT2D eigenvalue weighted by atomic mass is 79.9. The van der Waals surface area contributed by atoms with E-state index in [1.54, 1.807) is 12.1 Å². The molecule has 5 heteroatoms. The van der Waals surface area contributed by atoms with Crippen LogP contribution in [-0.2, 0) is 4.79 Å². The monoisotopic (exact) mass is 294 g/mol. The lowest BCUT2D eigenvalue weighted by molar-refractivity contribution is -0.131. The minimum atomic E-state index is -1.03. The quantitative estimate of drug-likeness (QED) is 0.664. The summed E-state index contributed by atoms with van der Waals surface area (Å²) in [7, 11) is 0. The molecule has 1 N–H and O–H groups in total. The largest absolute Gasteiger partial charge is 0.478 e. The van der Waals surface area contributed by atoms with Gasteiger partial charge in [0.1, 0.15) is 0 Å². The van der Waals surface area contributed by atoms with Crippen molar-refractivity contribution in [1.82, 2.24) is 0 Å². The molecule has 0 bridgehead atoms. The van der Waals surface area contributed by atoms with Gasteiger partial charge in [0.25, 0.3) is 0 Å². The van der Waals surface area contributed by atoms with Gasteiger partial charge >= 0.3 is 5.97 Å². The third-order valence-corrected chi connectivity index (χ3v) is 3.26. The first-order chi connectivity index (χ1) is 6.52. The third-order valence-electron chi connectivity index (χ3n) is 1.47. The van der Waals surface area contributed by atoms with Crippen molar-refractivity contribution < 1.29 is 9.90 Å². The van der Waals surface area contributed by atoms with Crippen molar-refractivity contribution in [2.45, 2.75) is 0 Å². The molecular formula is C9H5BrCl2O2. The van der Waals surface area contributed by atoms with Gasteiger partial charge in [-0.1, -0.05) is 29.3 Å². The Bertz CT molecular complexity index is 402. The maximum Gasteiger partial charge on any atom is 0.328 e. The Kier molecular flexibility index (Phi) is 3.98. The van der Waals surface area contributed by atoms with Gasteiger partial charge in [-0.3, -0.25) is 0 Å². The van der Waals surface area contributed by atoms with Gasteiger partial charge < -0.3 is 5.11 Å². The summed E-state index contributed by atoms with van der Waals surface area (Å²) >= 11 is 14.9. The Morgan fingerprint density at radius 2 is 2.00 bits per heavy atom. The normalized spacial score (nSPS) is 10.8. The second-order valence-corrected chi connectivity index (χ2v) is 4.05. The standard InChI is InChI=1S/C9H5BrCl2O2/c10-6-3-1-5(2-4-7(13)14)8(11)9(6)12/h1-4H,(H,13,14)/b4-2+. The number of hydrogen-bond acceptors (Lipinski definition) is 1. The van der Waals surface area contributed by atoms with Crippen LogP contribution >= 0.6 is 39.1 Å². The third kappa shape index (κ3) is 2.74.